The van der Waals surface area contributed by atoms with Gasteiger partial charge in [-0.2, -0.15) is 4.31 Å². The van der Waals surface area contributed by atoms with Crippen molar-refractivity contribution in [3.8, 4) is 5.75 Å². The van der Waals surface area contributed by atoms with E-state index in [1.807, 2.05) is 58.0 Å². The molecule has 168 valence electrons. The van der Waals surface area contributed by atoms with Gasteiger partial charge in [0.15, 0.2) is 0 Å². The van der Waals surface area contributed by atoms with E-state index in [1.165, 1.54) is 4.31 Å². The number of esters is 1. The fraction of sp³-hybridized carbons (Fsp3) is 0.458. The van der Waals surface area contributed by atoms with Crippen LogP contribution in [0.2, 0.25) is 0 Å². The van der Waals surface area contributed by atoms with Gasteiger partial charge in [-0.05, 0) is 80.5 Å². The summed E-state index contributed by atoms with van der Waals surface area (Å²) in [4.78, 5) is 12.9. The molecule has 0 aromatic heterocycles. The van der Waals surface area contributed by atoms with Gasteiger partial charge < -0.3 is 9.47 Å². The zero-order valence-corrected chi connectivity index (χ0v) is 19.7. The van der Waals surface area contributed by atoms with Gasteiger partial charge in [0.1, 0.15) is 12.4 Å². The summed E-state index contributed by atoms with van der Waals surface area (Å²) < 4.78 is 38.8. The van der Waals surface area contributed by atoms with E-state index >= 15 is 0 Å². The third-order valence-corrected chi connectivity index (χ3v) is 8.40. The number of methoxy groups -OCH3 is 1. The van der Waals surface area contributed by atoms with Gasteiger partial charge in [-0.25, -0.2) is 8.42 Å². The lowest BCUT2D eigenvalue weighted by molar-refractivity contribution is -0.151. The molecule has 0 N–H and O–H groups in total. The molecule has 1 saturated heterocycles. The van der Waals surface area contributed by atoms with Crippen LogP contribution < -0.4 is 4.74 Å². The summed E-state index contributed by atoms with van der Waals surface area (Å²) in [5.74, 6) is 0.190. The number of carbonyl (C=O) groups is 1. The van der Waals surface area contributed by atoms with Crippen molar-refractivity contribution in [3.63, 3.8) is 0 Å². The molecule has 0 spiro atoms. The van der Waals surface area contributed by atoms with Crippen molar-refractivity contribution in [2.75, 3.05) is 20.2 Å². The maximum absolute atomic E-state index is 13.4. The molecule has 7 heteroatoms. The highest BCUT2D eigenvalue weighted by Gasteiger charge is 2.34. The van der Waals surface area contributed by atoms with E-state index < -0.39 is 10.0 Å². The van der Waals surface area contributed by atoms with Crippen molar-refractivity contribution < 1.29 is 22.7 Å². The Morgan fingerprint density at radius 2 is 1.55 bits per heavy atom. The Labute approximate surface area is 185 Å². The van der Waals surface area contributed by atoms with Gasteiger partial charge in [0.25, 0.3) is 0 Å². The minimum Gasteiger partial charge on any atom is -0.497 e. The lowest BCUT2D eigenvalue weighted by atomic mass is 9.98. The number of sulfonamides is 1. The van der Waals surface area contributed by atoms with E-state index in [0.29, 0.717) is 30.8 Å². The van der Waals surface area contributed by atoms with Crippen molar-refractivity contribution in [1.82, 2.24) is 4.31 Å². The number of aryl methyl sites for hydroxylation is 2. The van der Waals surface area contributed by atoms with Crippen LogP contribution in [-0.2, 0) is 26.2 Å². The molecule has 0 unspecified atom stereocenters. The Morgan fingerprint density at radius 1 is 1.00 bits per heavy atom. The molecule has 1 aliphatic heterocycles. The van der Waals surface area contributed by atoms with Crippen molar-refractivity contribution in [3.05, 3.63) is 58.1 Å². The first-order valence-electron chi connectivity index (χ1n) is 10.5. The lowest BCUT2D eigenvalue weighted by Gasteiger charge is -2.31. The zero-order chi connectivity index (χ0) is 22.8. The minimum atomic E-state index is -3.61. The summed E-state index contributed by atoms with van der Waals surface area (Å²) in [6, 6.07) is 9.38. The summed E-state index contributed by atoms with van der Waals surface area (Å²) in [6.45, 7) is 8.42. The van der Waals surface area contributed by atoms with Gasteiger partial charge in [0, 0.05) is 13.1 Å². The number of hydrogen-bond donors (Lipinski definition) is 0. The standard InChI is InChI=1S/C24H31NO5S/c1-16-14-17(2)19(4)23(18(16)3)31(27,28)25-12-10-21(11-13-25)24(26)30-15-20-6-8-22(29-5)9-7-20/h6-9,14,21H,10-13,15H2,1-5H3. The number of ether oxygens (including phenoxy) is 2. The quantitative estimate of drug-likeness (QED) is 0.627. The molecule has 1 aliphatic rings. The Morgan fingerprint density at radius 3 is 2.06 bits per heavy atom. The normalized spacial score (nSPS) is 15.6. The van der Waals surface area contributed by atoms with Gasteiger partial charge in [0.05, 0.1) is 17.9 Å². The number of benzene rings is 2. The summed E-state index contributed by atoms with van der Waals surface area (Å²) in [6.07, 6.45) is 0.924. The van der Waals surface area contributed by atoms with Crippen LogP contribution in [0.15, 0.2) is 35.2 Å². The average Bonchev–Trinajstić information content (AvgIpc) is 2.76. The largest absolute Gasteiger partial charge is 0.497 e. The average molecular weight is 446 g/mol. The predicted octanol–water partition coefficient (Wildman–Crippen LogP) is 4.07. The van der Waals surface area contributed by atoms with E-state index in [0.717, 1.165) is 33.6 Å². The zero-order valence-electron chi connectivity index (χ0n) is 18.9. The van der Waals surface area contributed by atoms with Crippen LogP contribution in [0.5, 0.6) is 5.75 Å². The fourth-order valence-electron chi connectivity index (χ4n) is 4.02. The van der Waals surface area contributed by atoms with Gasteiger partial charge >= 0.3 is 5.97 Å². The Balaban J connectivity index is 1.63. The van der Waals surface area contributed by atoms with E-state index in [-0.39, 0.29) is 18.5 Å². The van der Waals surface area contributed by atoms with Crippen LogP contribution in [0.1, 0.15) is 40.7 Å². The molecule has 0 amide bonds. The fourth-order valence-corrected chi connectivity index (χ4v) is 6.07. The maximum Gasteiger partial charge on any atom is 0.309 e. The third-order valence-electron chi connectivity index (χ3n) is 6.22. The molecule has 2 aromatic rings. The number of piperidine rings is 1. The van der Waals surface area contributed by atoms with E-state index in [4.69, 9.17) is 9.47 Å². The smallest absolute Gasteiger partial charge is 0.309 e. The first-order valence-corrected chi connectivity index (χ1v) is 12.0. The molecule has 0 aliphatic carbocycles. The van der Waals surface area contributed by atoms with E-state index in [2.05, 4.69) is 0 Å². The van der Waals surface area contributed by atoms with Crippen molar-refractivity contribution in [2.24, 2.45) is 5.92 Å². The third kappa shape index (κ3) is 4.93. The highest BCUT2D eigenvalue weighted by atomic mass is 32.2. The van der Waals surface area contributed by atoms with Crippen molar-refractivity contribution in [1.29, 1.82) is 0 Å². The number of carbonyl (C=O) groups excluding carboxylic acids is 1. The molecule has 2 aromatic carbocycles. The van der Waals surface area contributed by atoms with Crippen molar-refractivity contribution in [2.45, 2.75) is 52.0 Å². The second-order valence-corrected chi connectivity index (χ2v) is 10.1. The molecule has 3 rings (SSSR count). The monoisotopic (exact) mass is 445 g/mol. The molecule has 0 saturated carbocycles. The maximum atomic E-state index is 13.4. The topological polar surface area (TPSA) is 72.9 Å². The second kappa shape index (κ2) is 9.40. The van der Waals surface area contributed by atoms with Crippen LogP contribution in [0.25, 0.3) is 0 Å². The van der Waals surface area contributed by atoms with Gasteiger partial charge in [-0.3, -0.25) is 4.79 Å². The number of hydrogen-bond acceptors (Lipinski definition) is 5. The molecule has 0 radical (unpaired) electrons. The Hall–Kier alpha value is -2.38. The molecular formula is C24H31NO5S. The number of rotatable bonds is 6. The number of nitrogens with zero attached hydrogens (tertiary/aromatic N) is 1. The lowest BCUT2D eigenvalue weighted by Crippen LogP contribution is -2.41. The first-order chi connectivity index (χ1) is 14.6. The summed E-state index contributed by atoms with van der Waals surface area (Å²) in [5.41, 5.74) is 4.42. The molecule has 6 nitrogen and oxygen atoms in total. The summed E-state index contributed by atoms with van der Waals surface area (Å²) in [5, 5.41) is 0. The van der Waals surface area contributed by atoms with Gasteiger partial charge in [0.2, 0.25) is 10.0 Å². The van der Waals surface area contributed by atoms with Crippen molar-refractivity contribution >= 4 is 16.0 Å². The van der Waals surface area contributed by atoms with Crippen LogP contribution in [0, 0.1) is 33.6 Å². The van der Waals surface area contributed by atoms with E-state index in [1.54, 1.807) is 7.11 Å². The van der Waals surface area contributed by atoms with Gasteiger partial charge in [-0.15, -0.1) is 0 Å². The first kappa shape index (κ1) is 23.3. The van der Waals surface area contributed by atoms with Gasteiger partial charge in [-0.1, -0.05) is 18.2 Å². The molecule has 31 heavy (non-hydrogen) atoms. The molecule has 0 bridgehead atoms. The predicted molar refractivity (Wildman–Crippen MR) is 120 cm³/mol. The molecular weight excluding hydrogens is 414 g/mol. The van der Waals surface area contributed by atoms with Crippen LogP contribution in [0.4, 0.5) is 0 Å². The SMILES string of the molecule is COc1ccc(COC(=O)C2CCN(S(=O)(=O)c3c(C)c(C)cc(C)c3C)CC2)cc1. The Kier molecular flexibility index (Phi) is 7.06. The van der Waals surface area contributed by atoms with E-state index in [9.17, 15) is 13.2 Å². The second-order valence-electron chi connectivity index (χ2n) is 8.22. The molecule has 0 atom stereocenters. The minimum absolute atomic E-state index is 0.197. The molecule has 1 fully saturated rings. The molecule has 1 heterocycles. The Bertz CT molecular complexity index is 1030. The highest BCUT2D eigenvalue weighted by Crippen LogP contribution is 2.31. The van der Waals surface area contributed by atoms with Crippen LogP contribution in [-0.4, -0.2) is 38.9 Å². The summed E-state index contributed by atoms with van der Waals surface area (Å²) >= 11 is 0. The van der Waals surface area contributed by atoms with Crippen LogP contribution in [0.3, 0.4) is 0 Å². The van der Waals surface area contributed by atoms with Crippen LogP contribution >= 0.6 is 0 Å². The summed E-state index contributed by atoms with van der Waals surface area (Å²) in [7, 11) is -2.01. The highest BCUT2D eigenvalue weighted by molar-refractivity contribution is 7.89.